The van der Waals surface area contributed by atoms with E-state index in [0.717, 1.165) is 16.4 Å². The summed E-state index contributed by atoms with van der Waals surface area (Å²) in [5.74, 6) is 0.955. The van der Waals surface area contributed by atoms with Gasteiger partial charge in [-0.3, -0.25) is 10.1 Å². The van der Waals surface area contributed by atoms with Gasteiger partial charge in [0.2, 0.25) is 10.0 Å². The molecule has 2 aromatic carbocycles. The van der Waals surface area contributed by atoms with Gasteiger partial charge in [-0.05, 0) is 18.2 Å². The molecular formula is C16H18N2O6S. The minimum atomic E-state index is -3.81. The number of nitro groups is 1. The topological polar surface area (TPSA) is 99.0 Å². The molecule has 0 radical (unpaired) electrons. The standard InChI is InChI=1S/C16H18N2O6S/c1-17(11-12-5-4-6-15(23-2)16(12)24-3)25(21,22)14-9-7-13(8-10-14)18(19)20/h4-10H,11H2,1-3H3. The van der Waals surface area contributed by atoms with Gasteiger partial charge in [-0.1, -0.05) is 12.1 Å². The summed E-state index contributed by atoms with van der Waals surface area (Å²) >= 11 is 0. The van der Waals surface area contributed by atoms with E-state index in [1.807, 2.05) is 0 Å². The predicted molar refractivity (Wildman–Crippen MR) is 91.3 cm³/mol. The summed E-state index contributed by atoms with van der Waals surface area (Å²) in [5.41, 5.74) is 0.464. The average Bonchev–Trinajstić information content (AvgIpc) is 2.61. The molecule has 0 aliphatic rings. The van der Waals surface area contributed by atoms with Gasteiger partial charge < -0.3 is 9.47 Å². The number of hydrogen-bond acceptors (Lipinski definition) is 6. The summed E-state index contributed by atoms with van der Waals surface area (Å²) in [6.45, 7) is 0.0553. The molecule has 134 valence electrons. The van der Waals surface area contributed by atoms with Gasteiger partial charge in [-0.15, -0.1) is 0 Å². The van der Waals surface area contributed by atoms with Crippen LogP contribution >= 0.6 is 0 Å². The van der Waals surface area contributed by atoms with Gasteiger partial charge in [-0.2, -0.15) is 4.31 Å². The summed E-state index contributed by atoms with van der Waals surface area (Å²) in [7, 11) is 0.594. The number of ether oxygens (including phenoxy) is 2. The number of sulfonamides is 1. The van der Waals surface area contributed by atoms with Gasteiger partial charge in [0.05, 0.1) is 24.0 Å². The first-order chi connectivity index (χ1) is 11.8. The molecule has 0 unspecified atom stereocenters. The van der Waals surface area contributed by atoms with Crippen LogP contribution in [-0.4, -0.2) is 38.9 Å². The Morgan fingerprint density at radius 3 is 2.24 bits per heavy atom. The van der Waals surface area contributed by atoms with Crippen LogP contribution < -0.4 is 9.47 Å². The molecule has 0 spiro atoms. The molecule has 2 rings (SSSR count). The summed E-state index contributed by atoms with van der Waals surface area (Å²) in [6.07, 6.45) is 0. The normalized spacial score (nSPS) is 11.4. The molecule has 0 saturated carbocycles. The lowest BCUT2D eigenvalue weighted by Crippen LogP contribution is -2.26. The highest BCUT2D eigenvalue weighted by molar-refractivity contribution is 7.89. The van der Waals surface area contributed by atoms with Crippen LogP contribution in [0, 0.1) is 10.1 Å². The average molecular weight is 366 g/mol. The van der Waals surface area contributed by atoms with Gasteiger partial charge >= 0.3 is 0 Å². The first-order valence-corrected chi connectivity index (χ1v) is 8.66. The maximum atomic E-state index is 12.7. The Balaban J connectivity index is 2.30. The fraction of sp³-hybridized carbons (Fsp3) is 0.250. The largest absolute Gasteiger partial charge is 0.493 e. The van der Waals surface area contributed by atoms with Gasteiger partial charge in [-0.25, -0.2) is 8.42 Å². The number of nitro benzene ring substituents is 1. The fourth-order valence-electron chi connectivity index (χ4n) is 2.32. The van der Waals surface area contributed by atoms with Crippen LogP contribution in [0.3, 0.4) is 0 Å². The van der Waals surface area contributed by atoms with E-state index < -0.39 is 14.9 Å². The number of hydrogen-bond donors (Lipinski definition) is 0. The molecule has 9 heteroatoms. The Labute approximate surface area is 145 Å². The molecule has 0 amide bonds. The van der Waals surface area contributed by atoms with Crippen LogP contribution in [0.5, 0.6) is 11.5 Å². The summed E-state index contributed by atoms with van der Waals surface area (Å²) in [6, 6.07) is 9.94. The Hall–Kier alpha value is -2.65. The van der Waals surface area contributed by atoms with Crippen molar-refractivity contribution in [2.75, 3.05) is 21.3 Å². The van der Waals surface area contributed by atoms with E-state index in [1.165, 1.54) is 33.4 Å². The maximum Gasteiger partial charge on any atom is 0.269 e. The van der Waals surface area contributed by atoms with Crippen molar-refractivity contribution in [2.45, 2.75) is 11.4 Å². The molecule has 0 atom stereocenters. The molecule has 25 heavy (non-hydrogen) atoms. The highest BCUT2D eigenvalue weighted by Crippen LogP contribution is 2.32. The van der Waals surface area contributed by atoms with E-state index in [2.05, 4.69) is 0 Å². The second-order valence-electron chi connectivity index (χ2n) is 5.16. The quantitative estimate of drug-likeness (QED) is 0.551. The van der Waals surface area contributed by atoms with Crippen molar-refractivity contribution in [1.82, 2.24) is 4.31 Å². The zero-order valence-corrected chi connectivity index (χ0v) is 14.8. The highest BCUT2D eigenvalue weighted by atomic mass is 32.2. The van der Waals surface area contributed by atoms with Crippen molar-refractivity contribution < 1.29 is 22.8 Å². The fourth-order valence-corrected chi connectivity index (χ4v) is 3.47. The molecule has 0 aliphatic heterocycles. The number of para-hydroxylation sites is 1. The molecule has 0 saturated heterocycles. The molecule has 0 aliphatic carbocycles. The zero-order chi connectivity index (χ0) is 18.6. The maximum absolute atomic E-state index is 12.7. The lowest BCUT2D eigenvalue weighted by molar-refractivity contribution is -0.384. The lowest BCUT2D eigenvalue weighted by atomic mass is 10.2. The van der Waals surface area contributed by atoms with Gasteiger partial charge in [0.25, 0.3) is 5.69 Å². The van der Waals surface area contributed by atoms with Crippen molar-refractivity contribution in [3.63, 3.8) is 0 Å². The minimum absolute atomic E-state index is 0.0255. The number of non-ortho nitro benzene ring substituents is 1. The first kappa shape index (κ1) is 18.7. The van der Waals surface area contributed by atoms with Gasteiger partial charge in [0, 0.05) is 31.3 Å². The van der Waals surface area contributed by atoms with Gasteiger partial charge in [0.1, 0.15) is 0 Å². The lowest BCUT2D eigenvalue weighted by Gasteiger charge is -2.19. The summed E-state index contributed by atoms with van der Waals surface area (Å²) in [4.78, 5) is 10.1. The van der Waals surface area contributed by atoms with Crippen LogP contribution in [0.25, 0.3) is 0 Å². The molecular weight excluding hydrogens is 348 g/mol. The first-order valence-electron chi connectivity index (χ1n) is 7.22. The summed E-state index contributed by atoms with van der Waals surface area (Å²) in [5, 5.41) is 10.7. The van der Waals surface area contributed by atoms with Crippen LogP contribution in [-0.2, 0) is 16.6 Å². The van der Waals surface area contributed by atoms with E-state index in [-0.39, 0.29) is 17.1 Å². The van der Waals surface area contributed by atoms with Crippen molar-refractivity contribution in [1.29, 1.82) is 0 Å². The van der Waals surface area contributed by atoms with Crippen molar-refractivity contribution in [3.8, 4) is 11.5 Å². The SMILES string of the molecule is COc1cccc(CN(C)S(=O)(=O)c2ccc([N+](=O)[O-])cc2)c1OC. The monoisotopic (exact) mass is 366 g/mol. The van der Waals surface area contributed by atoms with E-state index in [9.17, 15) is 18.5 Å². The third kappa shape index (κ3) is 3.89. The van der Waals surface area contributed by atoms with Crippen molar-refractivity contribution >= 4 is 15.7 Å². The number of benzene rings is 2. The van der Waals surface area contributed by atoms with Crippen LogP contribution in [0.2, 0.25) is 0 Å². The van der Waals surface area contributed by atoms with Crippen LogP contribution in [0.1, 0.15) is 5.56 Å². The van der Waals surface area contributed by atoms with Gasteiger partial charge in [0.15, 0.2) is 11.5 Å². The zero-order valence-electron chi connectivity index (χ0n) is 14.0. The molecule has 8 nitrogen and oxygen atoms in total. The van der Waals surface area contributed by atoms with Crippen LogP contribution in [0.15, 0.2) is 47.4 Å². The van der Waals surface area contributed by atoms with E-state index in [0.29, 0.717) is 17.1 Å². The number of methoxy groups -OCH3 is 2. The second kappa shape index (κ2) is 7.49. The third-order valence-corrected chi connectivity index (χ3v) is 5.45. The highest BCUT2D eigenvalue weighted by Gasteiger charge is 2.23. The Morgan fingerprint density at radius 1 is 1.08 bits per heavy atom. The number of rotatable bonds is 7. The van der Waals surface area contributed by atoms with E-state index in [1.54, 1.807) is 18.2 Å². The molecule has 0 bridgehead atoms. The van der Waals surface area contributed by atoms with Crippen LogP contribution in [0.4, 0.5) is 5.69 Å². The second-order valence-corrected chi connectivity index (χ2v) is 7.21. The Bertz CT molecular complexity index is 865. The number of nitrogens with zero attached hydrogens (tertiary/aromatic N) is 2. The van der Waals surface area contributed by atoms with Crippen molar-refractivity contribution in [3.05, 3.63) is 58.1 Å². The molecule has 0 aromatic heterocycles. The Kier molecular flexibility index (Phi) is 5.60. The minimum Gasteiger partial charge on any atom is -0.493 e. The third-order valence-electron chi connectivity index (χ3n) is 3.63. The molecule has 2 aromatic rings. The molecule has 0 N–H and O–H groups in total. The molecule has 0 heterocycles. The van der Waals surface area contributed by atoms with E-state index in [4.69, 9.17) is 9.47 Å². The Morgan fingerprint density at radius 2 is 1.72 bits per heavy atom. The van der Waals surface area contributed by atoms with Crippen molar-refractivity contribution in [2.24, 2.45) is 0 Å². The summed E-state index contributed by atoms with van der Waals surface area (Å²) < 4.78 is 37.0. The smallest absolute Gasteiger partial charge is 0.269 e. The molecule has 0 fully saturated rings. The predicted octanol–water partition coefficient (Wildman–Crippen LogP) is 2.43. The van der Waals surface area contributed by atoms with E-state index >= 15 is 0 Å².